The monoisotopic (exact) mass is 363 g/mol. The maximum atomic E-state index is 11.4. The molecule has 0 radical (unpaired) electrons. The van der Waals surface area contributed by atoms with Gasteiger partial charge in [-0.2, -0.15) is 0 Å². The van der Waals surface area contributed by atoms with Crippen molar-refractivity contribution in [1.29, 1.82) is 0 Å². The number of anilines is 1. The van der Waals surface area contributed by atoms with Gasteiger partial charge in [-0.25, -0.2) is 28.5 Å². The Balaban J connectivity index is 1.62. The van der Waals surface area contributed by atoms with Crippen molar-refractivity contribution in [3.8, 4) is 0 Å². The summed E-state index contributed by atoms with van der Waals surface area (Å²) in [5, 5.41) is 8.27. The Labute approximate surface area is 146 Å². The molecule has 0 amide bonds. The van der Waals surface area contributed by atoms with Crippen LogP contribution in [0.1, 0.15) is 35.7 Å². The Hall–Kier alpha value is -2.10. The molecule has 0 saturated carbocycles. The molecule has 134 valence electrons. The number of aromatic nitrogens is 3. The fraction of sp³-hybridized carbons (Fsp3) is 0.438. The van der Waals surface area contributed by atoms with E-state index in [9.17, 15) is 8.42 Å². The predicted octanol–water partition coefficient (Wildman–Crippen LogP) is 1.33. The number of nitrogens with one attached hydrogen (secondary N) is 1. The molecule has 0 spiro atoms. The van der Waals surface area contributed by atoms with E-state index < -0.39 is 10.0 Å². The summed E-state index contributed by atoms with van der Waals surface area (Å²) in [6.07, 6.45) is 6.78. The zero-order valence-corrected chi connectivity index (χ0v) is 14.8. The highest BCUT2D eigenvalue weighted by Crippen LogP contribution is 2.23. The SMILES string of the molecule is Cc1cc(NCc2cnc(C3CCOCC3)nc2)ncc1S(N)(=O)=O. The zero-order valence-electron chi connectivity index (χ0n) is 14.0. The third kappa shape index (κ3) is 4.50. The lowest BCUT2D eigenvalue weighted by Crippen LogP contribution is -2.16. The van der Waals surface area contributed by atoms with Crippen LogP contribution in [0.2, 0.25) is 0 Å². The fourth-order valence-corrected chi connectivity index (χ4v) is 3.46. The summed E-state index contributed by atoms with van der Waals surface area (Å²) in [5.74, 6) is 1.79. The Morgan fingerprint density at radius 1 is 1.20 bits per heavy atom. The number of rotatable bonds is 5. The number of nitrogens with zero attached hydrogens (tertiary/aromatic N) is 3. The van der Waals surface area contributed by atoms with Crippen molar-refractivity contribution in [2.75, 3.05) is 18.5 Å². The molecule has 8 nitrogen and oxygen atoms in total. The molecule has 0 aliphatic carbocycles. The molecule has 9 heteroatoms. The summed E-state index contributed by atoms with van der Waals surface area (Å²) in [5.41, 5.74) is 1.47. The minimum Gasteiger partial charge on any atom is -0.381 e. The number of ether oxygens (including phenoxy) is 1. The Morgan fingerprint density at radius 3 is 2.48 bits per heavy atom. The Morgan fingerprint density at radius 2 is 1.88 bits per heavy atom. The molecule has 2 aromatic rings. The van der Waals surface area contributed by atoms with Crippen LogP contribution in [0.5, 0.6) is 0 Å². The maximum Gasteiger partial charge on any atom is 0.239 e. The molecular formula is C16H21N5O3S. The van der Waals surface area contributed by atoms with Gasteiger partial charge < -0.3 is 10.1 Å². The van der Waals surface area contributed by atoms with Crippen LogP contribution in [0, 0.1) is 6.92 Å². The van der Waals surface area contributed by atoms with Gasteiger partial charge in [0.1, 0.15) is 16.5 Å². The quantitative estimate of drug-likeness (QED) is 0.822. The van der Waals surface area contributed by atoms with Crippen molar-refractivity contribution in [3.63, 3.8) is 0 Å². The molecule has 25 heavy (non-hydrogen) atoms. The first-order valence-corrected chi connectivity index (χ1v) is 9.60. The van der Waals surface area contributed by atoms with Gasteiger partial charge in [-0.3, -0.25) is 0 Å². The first kappa shape index (κ1) is 17.7. The lowest BCUT2D eigenvalue weighted by Gasteiger charge is -2.20. The second-order valence-electron chi connectivity index (χ2n) is 6.07. The van der Waals surface area contributed by atoms with Gasteiger partial charge in [-0.15, -0.1) is 0 Å². The molecule has 1 fully saturated rings. The van der Waals surface area contributed by atoms with E-state index in [1.165, 1.54) is 6.20 Å². The van der Waals surface area contributed by atoms with Crippen molar-refractivity contribution in [2.24, 2.45) is 5.14 Å². The summed E-state index contributed by atoms with van der Waals surface area (Å²) in [4.78, 5) is 13.0. The molecule has 3 heterocycles. The van der Waals surface area contributed by atoms with Crippen molar-refractivity contribution in [3.05, 3.63) is 41.6 Å². The minimum absolute atomic E-state index is 0.0298. The Bertz CT molecular complexity index is 833. The highest BCUT2D eigenvalue weighted by molar-refractivity contribution is 7.89. The summed E-state index contributed by atoms with van der Waals surface area (Å²) in [6, 6.07) is 1.65. The van der Waals surface area contributed by atoms with Crippen LogP contribution in [0.4, 0.5) is 5.82 Å². The van der Waals surface area contributed by atoms with E-state index in [2.05, 4.69) is 20.3 Å². The van der Waals surface area contributed by atoms with Crippen LogP contribution in [0.25, 0.3) is 0 Å². The highest BCUT2D eigenvalue weighted by atomic mass is 32.2. The van der Waals surface area contributed by atoms with Crippen LogP contribution >= 0.6 is 0 Å². The number of primary sulfonamides is 1. The van der Waals surface area contributed by atoms with E-state index in [0.717, 1.165) is 37.4 Å². The van der Waals surface area contributed by atoms with Gasteiger partial charge in [-0.05, 0) is 31.4 Å². The standard InChI is InChI=1S/C16H21N5O3S/c1-11-6-15(19-10-14(11)25(17,22)23)18-7-12-8-20-16(21-9-12)13-2-4-24-5-3-13/h6,8-10,13H,2-5,7H2,1H3,(H,18,19)(H2,17,22,23). The van der Waals surface area contributed by atoms with Crippen molar-refractivity contribution in [2.45, 2.75) is 37.1 Å². The third-order valence-corrected chi connectivity index (χ3v) is 5.20. The molecule has 0 atom stereocenters. The molecule has 1 saturated heterocycles. The molecular weight excluding hydrogens is 342 g/mol. The van der Waals surface area contributed by atoms with Crippen molar-refractivity contribution >= 4 is 15.8 Å². The first-order valence-electron chi connectivity index (χ1n) is 8.05. The molecule has 0 bridgehead atoms. The van der Waals surface area contributed by atoms with Gasteiger partial charge in [0.05, 0.1) is 0 Å². The summed E-state index contributed by atoms with van der Waals surface area (Å²) in [6.45, 7) is 3.70. The van der Waals surface area contributed by atoms with E-state index in [4.69, 9.17) is 9.88 Å². The van der Waals surface area contributed by atoms with Gasteiger partial charge >= 0.3 is 0 Å². The van der Waals surface area contributed by atoms with Gasteiger partial charge in [0.25, 0.3) is 0 Å². The van der Waals surface area contributed by atoms with Crippen LogP contribution in [0.3, 0.4) is 0 Å². The lowest BCUT2D eigenvalue weighted by atomic mass is 9.99. The highest BCUT2D eigenvalue weighted by Gasteiger charge is 2.18. The van der Waals surface area contributed by atoms with Crippen LogP contribution in [-0.4, -0.2) is 36.6 Å². The van der Waals surface area contributed by atoms with Gasteiger partial charge in [0.15, 0.2) is 0 Å². The summed E-state index contributed by atoms with van der Waals surface area (Å²) in [7, 11) is -3.75. The normalized spacial score (nSPS) is 15.9. The number of hydrogen-bond acceptors (Lipinski definition) is 7. The average Bonchev–Trinajstić information content (AvgIpc) is 2.60. The Kier molecular flexibility index (Phi) is 5.26. The number of pyridine rings is 1. The fourth-order valence-electron chi connectivity index (χ4n) is 2.75. The summed E-state index contributed by atoms with van der Waals surface area (Å²) < 4.78 is 28.2. The molecule has 1 aliphatic heterocycles. The largest absolute Gasteiger partial charge is 0.381 e. The average molecular weight is 363 g/mol. The molecule has 0 aromatic carbocycles. The molecule has 1 aliphatic rings. The van der Waals surface area contributed by atoms with Gasteiger partial charge in [0, 0.05) is 49.8 Å². The topological polar surface area (TPSA) is 120 Å². The zero-order chi connectivity index (χ0) is 17.9. The molecule has 3 rings (SSSR count). The number of hydrogen-bond donors (Lipinski definition) is 2. The van der Waals surface area contributed by atoms with Crippen LogP contribution in [0.15, 0.2) is 29.6 Å². The van der Waals surface area contributed by atoms with Crippen molar-refractivity contribution < 1.29 is 13.2 Å². The van der Waals surface area contributed by atoms with Crippen molar-refractivity contribution in [1.82, 2.24) is 15.0 Å². The minimum atomic E-state index is -3.75. The van der Waals surface area contributed by atoms with Gasteiger partial charge in [0.2, 0.25) is 10.0 Å². The van der Waals surface area contributed by atoms with E-state index in [1.54, 1.807) is 25.4 Å². The maximum absolute atomic E-state index is 11.4. The summed E-state index contributed by atoms with van der Waals surface area (Å²) >= 11 is 0. The van der Waals surface area contributed by atoms with E-state index in [0.29, 0.717) is 23.8 Å². The number of nitrogens with two attached hydrogens (primary N) is 1. The lowest BCUT2D eigenvalue weighted by molar-refractivity contribution is 0.0835. The number of aryl methyl sites for hydroxylation is 1. The number of sulfonamides is 1. The van der Waals surface area contributed by atoms with E-state index in [-0.39, 0.29) is 4.90 Å². The second-order valence-corrected chi connectivity index (χ2v) is 7.60. The van der Waals surface area contributed by atoms with E-state index in [1.807, 2.05) is 0 Å². The third-order valence-electron chi connectivity index (χ3n) is 4.15. The van der Waals surface area contributed by atoms with Crippen LogP contribution in [-0.2, 0) is 21.3 Å². The molecule has 0 unspecified atom stereocenters. The van der Waals surface area contributed by atoms with E-state index >= 15 is 0 Å². The smallest absolute Gasteiger partial charge is 0.239 e. The second kappa shape index (κ2) is 7.42. The molecule has 3 N–H and O–H groups in total. The predicted molar refractivity (Wildman–Crippen MR) is 92.5 cm³/mol. The van der Waals surface area contributed by atoms with Gasteiger partial charge in [-0.1, -0.05) is 0 Å². The first-order chi connectivity index (χ1) is 11.9. The molecule has 2 aromatic heterocycles. The van der Waals surface area contributed by atoms with Crippen LogP contribution < -0.4 is 10.5 Å².